The predicted octanol–water partition coefficient (Wildman–Crippen LogP) is 1.92. The van der Waals surface area contributed by atoms with Gasteiger partial charge in [0.25, 0.3) is 0 Å². The van der Waals surface area contributed by atoms with Crippen molar-refractivity contribution < 1.29 is 18.7 Å². The maximum Gasteiger partial charge on any atom is 0.307 e. The van der Waals surface area contributed by atoms with Gasteiger partial charge in [-0.2, -0.15) is 0 Å². The summed E-state index contributed by atoms with van der Waals surface area (Å²) in [5, 5.41) is 8.37. The van der Waals surface area contributed by atoms with E-state index in [2.05, 4.69) is 6.58 Å². The van der Waals surface area contributed by atoms with Crippen LogP contribution in [0.15, 0.2) is 12.7 Å². The van der Waals surface area contributed by atoms with Crippen molar-refractivity contribution in [3.63, 3.8) is 0 Å². The van der Waals surface area contributed by atoms with E-state index in [0.29, 0.717) is 0 Å². The van der Waals surface area contributed by atoms with Gasteiger partial charge < -0.3 is 5.11 Å². The van der Waals surface area contributed by atoms with Gasteiger partial charge in [0.1, 0.15) is 0 Å². The molecule has 0 spiro atoms. The fourth-order valence-corrected chi connectivity index (χ4v) is 0.714. The zero-order valence-electron chi connectivity index (χ0n) is 5.96. The first-order valence-corrected chi connectivity index (χ1v) is 3.19. The Labute approximate surface area is 63.5 Å². The SMILES string of the molecule is C=CCC(CC(F)F)C(=O)O. The van der Waals surface area contributed by atoms with E-state index in [9.17, 15) is 13.6 Å². The number of carbonyl (C=O) groups is 1. The smallest absolute Gasteiger partial charge is 0.307 e. The zero-order valence-corrected chi connectivity index (χ0v) is 5.96. The molecule has 0 aromatic carbocycles. The van der Waals surface area contributed by atoms with Gasteiger partial charge in [0.15, 0.2) is 0 Å². The maximum atomic E-state index is 11.7. The van der Waals surface area contributed by atoms with Crippen LogP contribution < -0.4 is 0 Å². The van der Waals surface area contributed by atoms with E-state index in [4.69, 9.17) is 5.11 Å². The minimum Gasteiger partial charge on any atom is -0.481 e. The van der Waals surface area contributed by atoms with Gasteiger partial charge in [0.2, 0.25) is 6.43 Å². The minimum absolute atomic E-state index is 0.0969. The Bertz CT molecular complexity index is 145. The molecule has 0 saturated heterocycles. The third-order valence-electron chi connectivity index (χ3n) is 1.26. The van der Waals surface area contributed by atoms with Crippen LogP contribution in [0.4, 0.5) is 8.78 Å². The number of rotatable bonds is 5. The molecule has 0 heterocycles. The van der Waals surface area contributed by atoms with Gasteiger partial charge in [-0.15, -0.1) is 6.58 Å². The second-order valence-corrected chi connectivity index (χ2v) is 2.19. The molecule has 1 atom stereocenters. The minimum atomic E-state index is -2.56. The van der Waals surface area contributed by atoms with Gasteiger partial charge >= 0.3 is 5.97 Å². The Morgan fingerprint density at radius 3 is 2.45 bits per heavy atom. The number of carboxylic acid groups (broad SMARTS) is 1. The highest BCUT2D eigenvalue weighted by atomic mass is 19.3. The van der Waals surface area contributed by atoms with E-state index >= 15 is 0 Å². The normalized spacial score (nSPS) is 13.0. The van der Waals surface area contributed by atoms with Crippen molar-refractivity contribution in [2.24, 2.45) is 5.92 Å². The van der Waals surface area contributed by atoms with Crippen LogP contribution in [0.5, 0.6) is 0 Å². The summed E-state index contributed by atoms with van der Waals surface area (Å²) in [4.78, 5) is 10.2. The van der Waals surface area contributed by atoms with Crippen LogP contribution in [-0.4, -0.2) is 17.5 Å². The molecule has 0 aromatic heterocycles. The van der Waals surface area contributed by atoms with E-state index in [1.54, 1.807) is 0 Å². The highest BCUT2D eigenvalue weighted by Crippen LogP contribution is 2.14. The number of hydrogen-bond acceptors (Lipinski definition) is 1. The van der Waals surface area contributed by atoms with Gasteiger partial charge in [-0.1, -0.05) is 6.08 Å². The molecule has 0 bridgehead atoms. The first-order chi connectivity index (χ1) is 5.07. The second kappa shape index (κ2) is 4.82. The molecule has 64 valence electrons. The monoisotopic (exact) mass is 164 g/mol. The lowest BCUT2D eigenvalue weighted by Gasteiger charge is -2.07. The second-order valence-electron chi connectivity index (χ2n) is 2.19. The lowest BCUT2D eigenvalue weighted by atomic mass is 10.0. The maximum absolute atomic E-state index is 11.7. The standard InChI is InChI=1S/C7H10F2O2/c1-2-3-5(7(10)11)4-6(8)9/h2,5-6H,1,3-4H2,(H,10,11). The van der Waals surface area contributed by atoms with Crippen LogP contribution in [0.2, 0.25) is 0 Å². The van der Waals surface area contributed by atoms with Gasteiger partial charge in [-0.3, -0.25) is 4.79 Å². The highest BCUT2D eigenvalue weighted by molar-refractivity contribution is 5.70. The average molecular weight is 164 g/mol. The fourth-order valence-electron chi connectivity index (χ4n) is 0.714. The molecule has 1 N–H and O–H groups in total. The van der Waals surface area contributed by atoms with E-state index in [-0.39, 0.29) is 6.42 Å². The van der Waals surface area contributed by atoms with Crippen LogP contribution in [0.3, 0.4) is 0 Å². The zero-order chi connectivity index (χ0) is 8.85. The molecular weight excluding hydrogens is 154 g/mol. The molecule has 11 heavy (non-hydrogen) atoms. The number of aliphatic carboxylic acids is 1. The van der Waals surface area contributed by atoms with E-state index in [1.807, 2.05) is 0 Å². The first kappa shape index (κ1) is 10.1. The van der Waals surface area contributed by atoms with Crippen LogP contribution in [0.1, 0.15) is 12.8 Å². The Kier molecular flexibility index (Phi) is 4.41. The van der Waals surface area contributed by atoms with Crippen LogP contribution in [0, 0.1) is 5.92 Å². The Hall–Kier alpha value is -0.930. The van der Waals surface area contributed by atoms with Gasteiger partial charge in [-0.05, 0) is 6.42 Å². The number of alkyl halides is 2. The molecule has 4 heteroatoms. The number of halogens is 2. The first-order valence-electron chi connectivity index (χ1n) is 3.19. The van der Waals surface area contributed by atoms with Crippen LogP contribution in [0.25, 0.3) is 0 Å². The molecule has 0 fully saturated rings. The van der Waals surface area contributed by atoms with Crippen LogP contribution in [-0.2, 0) is 4.79 Å². The number of hydrogen-bond donors (Lipinski definition) is 1. The Balaban J connectivity index is 3.88. The Morgan fingerprint density at radius 2 is 2.18 bits per heavy atom. The van der Waals surface area contributed by atoms with E-state index in [0.717, 1.165) is 0 Å². The number of carboxylic acids is 1. The van der Waals surface area contributed by atoms with Crippen molar-refractivity contribution in [2.75, 3.05) is 0 Å². The summed E-state index contributed by atoms with van der Waals surface area (Å²) in [6.07, 6.45) is -1.72. The topological polar surface area (TPSA) is 37.3 Å². The summed E-state index contributed by atoms with van der Waals surface area (Å²) in [7, 11) is 0. The molecule has 0 aliphatic rings. The summed E-state index contributed by atoms with van der Waals surface area (Å²) in [5.41, 5.74) is 0. The summed E-state index contributed by atoms with van der Waals surface area (Å²) in [6, 6.07) is 0. The lowest BCUT2D eigenvalue weighted by Crippen LogP contribution is -2.15. The average Bonchev–Trinajstić information content (AvgIpc) is 1.86. The van der Waals surface area contributed by atoms with Crippen molar-refractivity contribution in [1.29, 1.82) is 0 Å². The fraction of sp³-hybridized carbons (Fsp3) is 0.571. The largest absolute Gasteiger partial charge is 0.481 e. The predicted molar refractivity (Wildman–Crippen MR) is 36.6 cm³/mol. The molecule has 0 rings (SSSR count). The van der Waals surface area contributed by atoms with Gasteiger partial charge in [0, 0.05) is 6.42 Å². The number of allylic oxidation sites excluding steroid dienone is 1. The van der Waals surface area contributed by atoms with Crippen molar-refractivity contribution >= 4 is 5.97 Å². The molecule has 0 saturated carbocycles. The summed E-state index contributed by atoms with van der Waals surface area (Å²) in [6.45, 7) is 3.28. The summed E-state index contributed by atoms with van der Waals surface area (Å²) >= 11 is 0. The third kappa shape index (κ3) is 4.47. The molecule has 0 aliphatic heterocycles. The Morgan fingerprint density at radius 1 is 1.64 bits per heavy atom. The molecule has 2 nitrogen and oxygen atoms in total. The van der Waals surface area contributed by atoms with Crippen molar-refractivity contribution in [2.45, 2.75) is 19.3 Å². The van der Waals surface area contributed by atoms with E-state index < -0.39 is 24.7 Å². The highest BCUT2D eigenvalue weighted by Gasteiger charge is 2.20. The molecule has 0 aliphatic carbocycles. The molecular formula is C7H10F2O2. The van der Waals surface area contributed by atoms with Gasteiger partial charge in [0.05, 0.1) is 5.92 Å². The molecule has 0 radical (unpaired) electrons. The van der Waals surface area contributed by atoms with E-state index in [1.165, 1.54) is 6.08 Å². The van der Waals surface area contributed by atoms with Gasteiger partial charge in [-0.25, -0.2) is 8.78 Å². The van der Waals surface area contributed by atoms with Crippen LogP contribution >= 0.6 is 0 Å². The van der Waals surface area contributed by atoms with Crippen molar-refractivity contribution in [3.8, 4) is 0 Å². The molecule has 0 amide bonds. The quantitative estimate of drug-likeness (QED) is 0.630. The molecule has 0 aromatic rings. The third-order valence-corrected chi connectivity index (χ3v) is 1.26. The van der Waals surface area contributed by atoms with Crippen molar-refractivity contribution in [1.82, 2.24) is 0 Å². The lowest BCUT2D eigenvalue weighted by molar-refractivity contribution is -0.143. The summed E-state index contributed by atoms with van der Waals surface area (Å²) in [5.74, 6) is -2.18. The van der Waals surface area contributed by atoms with Crippen molar-refractivity contribution in [3.05, 3.63) is 12.7 Å². The molecule has 1 unspecified atom stereocenters. The summed E-state index contributed by atoms with van der Waals surface area (Å²) < 4.78 is 23.3.